The molecule has 0 radical (unpaired) electrons. The number of para-hydroxylation sites is 3. The van der Waals surface area contributed by atoms with Crippen LogP contribution in [0, 0.1) is 0 Å². The molecule has 1 heterocycles. The molecule has 2 nitrogen and oxygen atoms in total. The maximum absolute atomic E-state index is 2.43. The van der Waals surface area contributed by atoms with Gasteiger partial charge in [0, 0.05) is 38.8 Å². The molecule has 0 fully saturated rings. The van der Waals surface area contributed by atoms with Gasteiger partial charge in [-0.05, 0) is 122 Å². The van der Waals surface area contributed by atoms with Crippen LogP contribution in [0.5, 0.6) is 0 Å². The SMILES string of the molecule is CC1(C)c2ccccc2-c2ccc(-c3ccc(N(c4ccc(-n5c6ccccc6c6ccccc65)cc4)c4ccccc4-c4ccccc4-c4ccccc4-c4ccccc4)cc3)cc21. The monoisotopic (exact) mass is 830 g/mol. The summed E-state index contributed by atoms with van der Waals surface area (Å²) in [7, 11) is 0. The summed E-state index contributed by atoms with van der Waals surface area (Å²) in [5.74, 6) is 0. The highest BCUT2D eigenvalue weighted by atomic mass is 15.1. The van der Waals surface area contributed by atoms with Gasteiger partial charge in [-0.3, -0.25) is 0 Å². The van der Waals surface area contributed by atoms with Gasteiger partial charge in [0.15, 0.2) is 0 Å². The molecule has 11 aromatic rings. The van der Waals surface area contributed by atoms with Crippen molar-refractivity contribution >= 4 is 38.9 Å². The van der Waals surface area contributed by atoms with Crippen molar-refractivity contribution in [3.05, 3.63) is 254 Å². The van der Waals surface area contributed by atoms with E-state index in [4.69, 9.17) is 0 Å². The van der Waals surface area contributed by atoms with E-state index in [9.17, 15) is 0 Å². The highest BCUT2D eigenvalue weighted by Gasteiger charge is 2.35. The predicted molar refractivity (Wildman–Crippen MR) is 275 cm³/mol. The molecule has 0 saturated heterocycles. The molecule has 0 saturated carbocycles. The molecule has 0 unspecified atom stereocenters. The summed E-state index contributed by atoms with van der Waals surface area (Å²) in [5, 5.41) is 2.51. The van der Waals surface area contributed by atoms with E-state index in [2.05, 4.69) is 266 Å². The lowest BCUT2D eigenvalue weighted by molar-refractivity contribution is 0.660. The van der Waals surface area contributed by atoms with Gasteiger partial charge in [0.1, 0.15) is 0 Å². The van der Waals surface area contributed by atoms with Gasteiger partial charge in [0.05, 0.1) is 16.7 Å². The fraction of sp³-hybridized carbons (Fsp3) is 0.0476. The molecule has 0 bridgehead atoms. The molecule has 1 aromatic heterocycles. The largest absolute Gasteiger partial charge is 0.310 e. The predicted octanol–water partition coefficient (Wildman–Crippen LogP) is 17.2. The van der Waals surface area contributed by atoms with E-state index in [1.807, 2.05) is 0 Å². The number of anilines is 3. The van der Waals surface area contributed by atoms with Crippen LogP contribution < -0.4 is 4.90 Å². The summed E-state index contributed by atoms with van der Waals surface area (Å²) in [6, 6.07) is 88.8. The van der Waals surface area contributed by atoms with Gasteiger partial charge < -0.3 is 9.47 Å². The van der Waals surface area contributed by atoms with Crippen molar-refractivity contribution in [2.75, 3.05) is 4.90 Å². The summed E-state index contributed by atoms with van der Waals surface area (Å²) >= 11 is 0. The Kier molecular flexibility index (Phi) is 9.21. The number of rotatable bonds is 8. The van der Waals surface area contributed by atoms with Crippen molar-refractivity contribution < 1.29 is 0 Å². The van der Waals surface area contributed by atoms with Crippen LogP contribution in [0.25, 0.3) is 83.1 Å². The van der Waals surface area contributed by atoms with Crippen LogP contribution in [-0.2, 0) is 5.41 Å². The minimum atomic E-state index is -0.0638. The summed E-state index contributed by atoms with van der Waals surface area (Å²) in [6.07, 6.45) is 0. The molecule has 1 aliphatic carbocycles. The molecule has 65 heavy (non-hydrogen) atoms. The zero-order valence-electron chi connectivity index (χ0n) is 36.5. The molecular formula is C63H46N2. The Balaban J connectivity index is 1.00. The highest BCUT2D eigenvalue weighted by Crippen LogP contribution is 2.50. The number of hydrogen-bond donors (Lipinski definition) is 0. The van der Waals surface area contributed by atoms with Gasteiger partial charge in [-0.2, -0.15) is 0 Å². The molecule has 10 aromatic carbocycles. The Bertz CT molecular complexity index is 3500. The Morgan fingerprint density at radius 2 is 0.785 bits per heavy atom. The standard InChI is InChI=1S/C63H46N2/c1-63(2)58-28-14-10-24-53(58)54-41-34-45(42-59(54)63)43-32-35-46(36-33-43)64(47-37-39-48(40-38-47)65-61-30-16-12-26-56(61)57-27-13-17-31-62(57)65)60-29-15-11-25-55(60)52-23-9-8-22-51(52)50-21-7-6-20-49(50)44-18-4-3-5-19-44/h3-42H,1-2H3. The highest BCUT2D eigenvalue weighted by molar-refractivity contribution is 6.09. The second-order valence-corrected chi connectivity index (χ2v) is 17.7. The van der Waals surface area contributed by atoms with Gasteiger partial charge in [-0.15, -0.1) is 0 Å². The van der Waals surface area contributed by atoms with Gasteiger partial charge in [-0.25, -0.2) is 0 Å². The van der Waals surface area contributed by atoms with Gasteiger partial charge >= 0.3 is 0 Å². The maximum atomic E-state index is 2.43. The molecule has 1 aliphatic rings. The number of nitrogens with zero attached hydrogens (tertiary/aromatic N) is 2. The Hall–Kier alpha value is -8.20. The van der Waals surface area contributed by atoms with Gasteiger partial charge in [-0.1, -0.05) is 196 Å². The van der Waals surface area contributed by atoms with Crippen molar-refractivity contribution in [1.82, 2.24) is 4.57 Å². The van der Waals surface area contributed by atoms with E-state index in [1.165, 1.54) is 83.0 Å². The fourth-order valence-corrected chi connectivity index (χ4v) is 10.5. The van der Waals surface area contributed by atoms with Crippen LogP contribution in [-0.4, -0.2) is 4.57 Å². The summed E-state index contributed by atoms with van der Waals surface area (Å²) in [4.78, 5) is 2.43. The minimum absolute atomic E-state index is 0.0638. The first-order chi connectivity index (χ1) is 32.0. The second-order valence-electron chi connectivity index (χ2n) is 17.7. The normalized spacial score (nSPS) is 12.6. The summed E-state index contributed by atoms with van der Waals surface area (Å²) < 4.78 is 2.39. The van der Waals surface area contributed by atoms with Gasteiger partial charge in [0.25, 0.3) is 0 Å². The lowest BCUT2D eigenvalue weighted by Crippen LogP contribution is -2.14. The van der Waals surface area contributed by atoms with Crippen LogP contribution in [0.2, 0.25) is 0 Å². The molecule has 0 amide bonds. The first kappa shape index (κ1) is 38.5. The Morgan fingerprint density at radius 3 is 1.45 bits per heavy atom. The van der Waals surface area contributed by atoms with Gasteiger partial charge in [0.2, 0.25) is 0 Å². The van der Waals surface area contributed by atoms with Crippen LogP contribution >= 0.6 is 0 Å². The first-order valence-electron chi connectivity index (χ1n) is 22.6. The van der Waals surface area contributed by atoms with E-state index < -0.39 is 0 Å². The molecule has 0 atom stereocenters. The minimum Gasteiger partial charge on any atom is -0.310 e. The third kappa shape index (κ3) is 6.40. The van der Waals surface area contributed by atoms with E-state index >= 15 is 0 Å². The van der Waals surface area contributed by atoms with Crippen molar-refractivity contribution in [2.45, 2.75) is 19.3 Å². The molecule has 0 N–H and O–H groups in total. The average molecular weight is 831 g/mol. The first-order valence-corrected chi connectivity index (χ1v) is 22.6. The molecule has 2 heteroatoms. The van der Waals surface area contributed by atoms with Crippen molar-refractivity contribution in [3.63, 3.8) is 0 Å². The second kappa shape index (κ2) is 15.6. The molecule has 308 valence electrons. The van der Waals surface area contributed by atoms with Crippen molar-refractivity contribution in [1.29, 1.82) is 0 Å². The smallest absolute Gasteiger partial charge is 0.0541 e. The maximum Gasteiger partial charge on any atom is 0.0541 e. The van der Waals surface area contributed by atoms with E-state index in [-0.39, 0.29) is 5.41 Å². The van der Waals surface area contributed by atoms with Crippen molar-refractivity contribution in [2.24, 2.45) is 0 Å². The van der Waals surface area contributed by atoms with Crippen molar-refractivity contribution in [3.8, 4) is 61.3 Å². The van der Waals surface area contributed by atoms with Crippen LogP contribution in [0.4, 0.5) is 17.1 Å². The third-order valence-corrected chi connectivity index (χ3v) is 13.7. The van der Waals surface area contributed by atoms with Crippen LogP contribution in [0.15, 0.2) is 243 Å². The number of fused-ring (bicyclic) bond motifs is 6. The zero-order chi connectivity index (χ0) is 43.5. The Morgan fingerprint density at radius 1 is 0.323 bits per heavy atom. The summed E-state index contributed by atoms with van der Waals surface area (Å²) in [6.45, 7) is 4.70. The van der Waals surface area contributed by atoms with E-state index in [0.717, 1.165) is 28.3 Å². The summed E-state index contributed by atoms with van der Waals surface area (Å²) in [5.41, 5.74) is 21.8. The lowest BCUT2D eigenvalue weighted by Gasteiger charge is -2.29. The van der Waals surface area contributed by atoms with E-state index in [1.54, 1.807) is 0 Å². The number of hydrogen-bond acceptors (Lipinski definition) is 1. The average Bonchev–Trinajstić information content (AvgIpc) is 3.83. The van der Waals surface area contributed by atoms with Crippen LogP contribution in [0.1, 0.15) is 25.0 Å². The molecule has 12 rings (SSSR count). The van der Waals surface area contributed by atoms with E-state index in [0.29, 0.717) is 0 Å². The number of aromatic nitrogens is 1. The fourth-order valence-electron chi connectivity index (χ4n) is 10.5. The topological polar surface area (TPSA) is 8.17 Å². The lowest BCUT2D eigenvalue weighted by atomic mass is 9.81. The Labute approximate surface area is 381 Å². The molecule has 0 spiro atoms. The third-order valence-electron chi connectivity index (χ3n) is 13.7. The zero-order valence-corrected chi connectivity index (χ0v) is 36.5. The van der Waals surface area contributed by atoms with Crippen LogP contribution in [0.3, 0.4) is 0 Å². The number of benzene rings is 10. The quantitative estimate of drug-likeness (QED) is 0.148. The molecular weight excluding hydrogens is 785 g/mol. The molecule has 0 aliphatic heterocycles.